The molecule has 0 spiro atoms. The van der Waals surface area contributed by atoms with Gasteiger partial charge in [0.2, 0.25) is 0 Å². The van der Waals surface area contributed by atoms with E-state index in [-0.39, 0.29) is 6.61 Å². The molecule has 1 fully saturated rings. The number of aliphatic hydroxyl groups excluding tert-OH is 1. The number of hydrogen-bond donors (Lipinski definition) is 2. The predicted octanol–water partition coefficient (Wildman–Crippen LogP) is -0.397. The van der Waals surface area contributed by atoms with E-state index in [4.69, 9.17) is 9.84 Å². The van der Waals surface area contributed by atoms with Crippen molar-refractivity contribution in [1.29, 1.82) is 0 Å². The van der Waals surface area contributed by atoms with Gasteiger partial charge >= 0.3 is 0 Å². The fraction of sp³-hybridized carbons (Fsp3) is 1.00. The largest absolute Gasteiger partial charge is 0.395 e. The van der Waals surface area contributed by atoms with E-state index in [2.05, 4.69) is 5.32 Å². The lowest BCUT2D eigenvalue weighted by molar-refractivity contribution is 0.157. The quantitative estimate of drug-likeness (QED) is 0.568. The third-order valence-corrected chi connectivity index (χ3v) is 1.94. The highest BCUT2D eigenvalue weighted by Crippen LogP contribution is 2.12. The Kier molecular flexibility index (Phi) is 3.12. The molecule has 1 rings (SSSR count). The summed E-state index contributed by atoms with van der Waals surface area (Å²) in [4.78, 5) is 0. The fourth-order valence-electron chi connectivity index (χ4n) is 1.40. The molecule has 1 heterocycles. The number of hydrogen-bond acceptors (Lipinski definition) is 3. The maximum atomic E-state index is 8.75. The van der Waals surface area contributed by atoms with Crippen LogP contribution in [0.25, 0.3) is 0 Å². The summed E-state index contributed by atoms with van der Waals surface area (Å²) in [6.45, 7) is 2.04. The molecule has 1 saturated heterocycles. The van der Waals surface area contributed by atoms with E-state index in [1.54, 1.807) is 7.11 Å². The maximum Gasteiger partial charge on any atom is 0.0584 e. The number of nitrogens with one attached hydrogen (secondary N) is 1. The molecule has 2 atom stereocenters. The Balaban J connectivity index is 2.15. The van der Waals surface area contributed by atoms with Crippen LogP contribution in [0.15, 0.2) is 0 Å². The number of rotatable bonds is 3. The van der Waals surface area contributed by atoms with Crippen LogP contribution in [0.4, 0.5) is 0 Å². The van der Waals surface area contributed by atoms with Crippen molar-refractivity contribution in [1.82, 2.24) is 5.32 Å². The Labute approximate surface area is 61.4 Å². The van der Waals surface area contributed by atoms with Crippen molar-refractivity contribution in [2.75, 3.05) is 26.9 Å². The molecule has 0 aliphatic carbocycles. The maximum absolute atomic E-state index is 8.75. The van der Waals surface area contributed by atoms with Crippen molar-refractivity contribution >= 4 is 0 Å². The van der Waals surface area contributed by atoms with Crippen molar-refractivity contribution in [2.24, 2.45) is 5.92 Å². The first-order valence-corrected chi connectivity index (χ1v) is 3.70. The van der Waals surface area contributed by atoms with Gasteiger partial charge in [0.1, 0.15) is 0 Å². The summed E-state index contributed by atoms with van der Waals surface area (Å²) in [5.41, 5.74) is 0. The molecule has 3 nitrogen and oxygen atoms in total. The molecule has 60 valence electrons. The van der Waals surface area contributed by atoms with E-state index in [9.17, 15) is 0 Å². The Morgan fingerprint density at radius 2 is 2.50 bits per heavy atom. The predicted molar refractivity (Wildman–Crippen MR) is 38.9 cm³/mol. The van der Waals surface area contributed by atoms with Gasteiger partial charge in [-0.3, -0.25) is 0 Å². The fourth-order valence-corrected chi connectivity index (χ4v) is 1.40. The van der Waals surface area contributed by atoms with E-state index in [0.29, 0.717) is 12.0 Å². The summed E-state index contributed by atoms with van der Waals surface area (Å²) in [6.07, 6.45) is 1.05. The van der Waals surface area contributed by atoms with E-state index >= 15 is 0 Å². The topological polar surface area (TPSA) is 41.5 Å². The number of methoxy groups -OCH3 is 1. The minimum Gasteiger partial charge on any atom is -0.395 e. The molecule has 0 aromatic carbocycles. The summed E-state index contributed by atoms with van der Waals surface area (Å²) >= 11 is 0. The molecule has 0 radical (unpaired) electrons. The lowest BCUT2D eigenvalue weighted by Crippen LogP contribution is -2.24. The van der Waals surface area contributed by atoms with E-state index < -0.39 is 0 Å². The zero-order chi connectivity index (χ0) is 7.40. The summed E-state index contributed by atoms with van der Waals surface area (Å²) < 4.78 is 5.00. The molecule has 0 bridgehead atoms. The van der Waals surface area contributed by atoms with Gasteiger partial charge in [-0.1, -0.05) is 0 Å². The highest BCUT2D eigenvalue weighted by Gasteiger charge is 2.22. The molecule has 2 N–H and O–H groups in total. The van der Waals surface area contributed by atoms with Crippen LogP contribution in [0.5, 0.6) is 0 Å². The zero-order valence-electron chi connectivity index (χ0n) is 6.34. The Hall–Kier alpha value is -0.120. The van der Waals surface area contributed by atoms with Gasteiger partial charge < -0.3 is 15.2 Å². The molecule has 0 amide bonds. The standard InChI is InChI=1S/C7H15NO2/c1-10-5-6-2-7(4-9)8-3-6/h6-9H,2-5H2,1H3/t6-,7-/m0/s1. The SMILES string of the molecule is COC[C@@H]1CN[C@H](CO)C1. The third kappa shape index (κ3) is 1.94. The van der Waals surface area contributed by atoms with Crippen LogP contribution in [0, 0.1) is 5.92 Å². The first kappa shape index (κ1) is 7.98. The van der Waals surface area contributed by atoms with E-state index in [1.165, 1.54) is 0 Å². The number of aliphatic hydroxyl groups is 1. The summed E-state index contributed by atoms with van der Waals surface area (Å²) in [5, 5.41) is 12.0. The van der Waals surface area contributed by atoms with Crippen molar-refractivity contribution in [2.45, 2.75) is 12.5 Å². The van der Waals surface area contributed by atoms with E-state index in [1.807, 2.05) is 0 Å². The lowest BCUT2D eigenvalue weighted by Gasteiger charge is -2.05. The molecule has 0 saturated carbocycles. The Bertz CT molecular complexity index is 97.6. The second-order valence-electron chi connectivity index (χ2n) is 2.84. The second kappa shape index (κ2) is 3.91. The van der Waals surface area contributed by atoms with Crippen LogP contribution in [0.2, 0.25) is 0 Å². The van der Waals surface area contributed by atoms with Crippen molar-refractivity contribution in [3.05, 3.63) is 0 Å². The molecular formula is C7H15NO2. The Morgan fingerprint density at radius 3 is 3.00 bits per heavy atom. The van der Waals surface area contributed by atoms with Crippen LogP contribution in [-0.2, 0) is 4.74 Å². The summed E-state index contributed by atoms with van der Waals surface area (Å²) in [7, 11) is 1.71. The minimum atomic E-state index is 0.250. The molecule has 0 aromatic heterocycles. The summed E-state index contributed by atoms with van der Waals surface area (Å²) in [6, 6.07) is 0.306. The first-order valence-electron chi connectivity index (χ1n) is 3.70. The van der Waals surface area contributed by atoms with Gasteiger partial charge in [0.05, 0.1) is 13.2 Å². The van der Waals surface area contributed by atoms with Crippen molar-refractivity contribution in [3.8, 4) is 0 Å². The first-order chi connectivity index (χ1) is 4.86. The van der Waals surface area contributed by atoms with Crippen LogP contribution in [0.1, 0.15) is 6.42 Å². The minimum absolute atomic E-state index is 0.250. The van der Waals surface area contributed by atoms with Gasteiger partial charge in [0.25, 0.3) is 0 Å². The molecule has 0 unspecified atom stereocenters. The number of ether oxygens (including phenoxy) is 1. The van der Waals surface area contributed by atoms with Crippen molar-refractivity contribution in [3.63, 3.8) is 0 Å². The van der Waals surface area contributed by atoms with Crippen LogP contribution in [-0.4, -0.2) is 38.0 Å². The molecule has 3 heteroatoms. The molecular weight excluding hydrogens is 130 g/mol. The molecule has 10 heavy (non-hydrogen) atoms. The smallest absolute Gasteiger partial charge is 0.0584 e. The molecule has 0 aromatic rings. The Morgan fingerprint density at radius 1 is 1.70 bits per heavy atom. The van der Waals surface area contributed by atoms with Crippen LogP contribution in [0.3, 0.4) is 0 Å². The van der Waals surface area contributed by atoms with Crippen LogP contribution >= 0.6 is 0 Å². The average Bonchev–Trinajstić information content (AvgIpc) is 2.37. The van der Waals surface area contributed by atoms with Gasteiger partial charge in [-0.25, -0.2) is 0 Å². The van der Waals surface area contributed by atoms with Gasteiger partial charge in [-0.05, 0) is 12.3 Å². The normalized spacial score (nSPS) is 33.0. The van der Waals surface area contributed by atoms with Gasteiger partial charge in [0.15, 0.2) is 0 Å². The van der Waals surface area contributed by atoms with Gasteiger partial charge in [-0.15, -0.1) is 0 Å². The average molecular weight is 145 g/mol. The molecule has 1 aliphatic heterocycles. The van der Waals surface area contributed by atoms with Crippen molar-refractivity contribution < 1.29 is 9.84 Å². The third-order valence-electron chi connectivity index (χ3n) is 1.94. The second-order valence-corrected chi connectivity index (χ2v) is 2.84. The highest BCUT2D eigenvalue weighted by molar-refractivity contribution is 4.80. The van der Waals surface area contributed by atoms with Crippen LogP contribution < -0.4 is 5.32 Å². The lowest BCUT2D eigenvalue weighted by atomic mass is 10.1. The summed E-state index contributed by atoms with van der Waals surface area (Å²) in [5.74, 6) is 0.599. The molecule has 1 aliphatic rings. The van der Waals surface area contributed by atoms with Gasteiger partial charge in [-0.2, -0.15) is 0 Å². The van der Waals surface area contributed by atoms with Gasteiger partial charge in [0, 0.05) is 19.7 Å². The zero-order valence-corrected chi connectivity index (χ0v) is 6.34. The highest BCUT2D eigenvalue weighted by atomic mass is 16.5. The van der Waals surface area contributed by atoms with E-state index in [0.717, 1.165) is 19.6 Å². The monoisotopic (exact) mass is 145 g/mol.